The SMILES string of the molecule is CC(C)(C)OC(=O)CCCCCCCCCCCCCCCCC(=O)C[C@@H](CC(=O)NCCOCCOCCOCCOCCOCCOCCOCCOCCOCCOCCOCCN=[N+]=[N-])C(=O)OC(C)(C)C. The molecule has 0 aromatic rings. The smallest absolute Gasteiger partial charge is 0.310 e. The van der Waals surface area contributed by atoms with E-state index in [1.807, 2.05) is 20.8 Å². The third-order valence-electron chi connectivity index (χ3n) is 10.8. The molecule has 0 saturated carbocycles. The maximum Gasteiger partial charge on any atom is 0.310 e. The van der Waals surface area contributed by atoms with Gasteiger partial charge in [0.1, 0.15) is 17.0 Å². The Morgan fingerprint density at radius 2 is 0.711 bits per heavy atom. The van der Waals surface area contributed by atoms with E-state index in [0.29, 0.717) is 158 Å². The molecular formula is C55H104N4O17. The van der Waals surface area contributed by atoms with Gasteiger partial charge in [0.2, 0.25) is 5.91 Å². The second-order valence-corrected chi connectivity index (χ2v) is 20.3. The molecule has 0 spiro atoms. The highest BCUT2D eigenvalue weighted by Crippen LogP contribution is 2.20. The van der Waals surface area contributed by atoms with Crippen LogP contribution in [-0.2, 0) is 80.8 Å². The standard InChI is InChI=1S/C55H104N4O17/c1-54(2,3)75-52(62)22-20-18-16-14-12-10-8-7-9-11-13-15-17-19-21-50(60)47-49(53(63)76-55(4,5)6)48-51(61)57-23-25-64-27-29-66-31-33-68-35-37-70-39-41-72-43-45-74-46-44-73-42-40-71-38-36-69-34-32-67-30-28-65-26-24-58-59-56/h49H,7-48H2,1-6H3,(H,57,61)/t49-/m0/s1. The highest BCUT2D eigenvalue weighted by Gasteiger charge is 2.29. The number of Topliss-reactive ketones (excluding diaryl/α,β-unsaturated/α-hetero) is 1. The van der Waals surface area contributed by atoms with Gasteiger partial charge in [0.25, 0.3) is 0 Å². The summed E-state index contributed by atoms with van der Waals surface area (Å²) < 4.78 is 71.1. The summed E-state index contributed by atoms with van der Waals surface area (Å²) in [5, 5.41) is 6.17. The van der Waals surface area contributed by atoms with Gasteiger partial charge in [0, 0.05) is 43.7 Å². The maximum absolute atomic E-state index is 13.0. The Bertz CT molecular complexity index is 1410. The van der Waals surface area contributed by atoms with Gasteiger partial charge >= 0.3 is 11.9 Å². The number of carbonyl (C=O) groups is 4. The number of hydrogen-bond donors (Lipinski definition) is 1. The van der Waals surface area contributed by atoms with Gasteiger partial charge in [-0.05, 0) is 59.9 Å². The lowest BCUT2D eigenvalue weighted by molar-refractivity contribution is -0.162. The molecular weight excluding hydrogens is 989 g/mol. The van der Waals surface area contributed by atoms with E-state index in [1.54, 1.807) is 20.8 Å². The Hall–Kier alpha value is -3.05. The van der Waals surface area contributed by atoms with Crippen molar-refractivity contribution in [3.63, 3.8) is 0 Å². The van der Waals surface area contributed by atoms with E-state index in [1.165, 1.54) is 51.4 Å². The topological polar surface area (TPSA) is 249 Å². The molecule has 1 N–H and O–H groups in total. The predicted molar refractivity (Wildman–Crippen MR) is 289 cm³/mol. The molecule has 21 heteroatoms. The van der Waals surface area contributed by atoms with Crippen molar-refractivity contribution in [2.75, 3.05) is 158 Å². The van der Waals surface area contributed by atoms with Gasteiger partial charge in [-0.3, -0.25) is 19.2 Å². The largest absolute Gasteiger partial charge is 0.460 e. The van der Waals surface area contributed by atoms with Crippen molar-refractivity contribution >= 4 is 23.6 Å². The zero-order valence-electron chi connectivity index (χ0n) is 48.1. The van der Waals surface area contributed by atoms with Gasteiger partial charge in [0.15, 0.2) is 0 Å². The average molecular weight is 1090 g/mol. The quantitative estimate of drug-likeness (QED) is 0.0197. The molecule has 0 aliphatic rings. The second-order valence-electron chi connectivity index (χ2n) is 20.3. The van der Waals surface area contributed by atoms with Crippen LogP contribution in [-0.4, -0.2) is 193 Å². The number of ether oxygens (including phenoxy) is 13. The summed E-state index contributed by atoms with van der Waals surface area (Å²) in [4.78, 5) is 53.1. The van der Waals surface area contributed by atoms with Crippen molar-refractivity contribution in [2.24, 2.45) is 11.0 Å². The molecule has 0 aromatic carbocycles. The first kappa shape index (κ1) is 73.0. The Morgan fingerprint density at radius 1 is 0.408 bits per heavy atom. The zero-order valence-corrected chi connectivity index (χ0v) is 48.1. The lowest BCUT2D eigenvalue weighted by atomic mass is 9.95. The highest BCUT2D eigenvalue weighted by molar-refractivity contribution is 5.88. The van der Waals surface area contributed by atoms with Crippen LogP contribution >= 0.6 is 0 Å². The third kappa shape index (κ3) is 58.6. The van der Waals surface area contributed by atoms with Crippen molar-refractivity contribution < 1.29 is 80.8 Å². The second kappa shape index (κ2) is 53.9. The lowest BCUT2D eigenvalue weighted by Gasteiger charge is -2.23. The fraction of sp³-hybridized carbons (Fsp3) is 0.927. The van der Waals surface area contributed by atoms with E-state index in [9.17, 15) is 19.2 Å². The minimum Gasteiger partial charge on any atom is -0.460 e. The highest BCUT2D eigenvalue weighted by atomic mass is 16.6. The number of nitrogens with zero attached hydrogens (tertiary/aromatic N) is 3. The fourth-order valence-corrected chi connectivity index (χ4v) is 7.12. The monoisotopic (exact) mass is 1090 g/mol. The molecule has 0 heterocycles. The number of ketones is 1. The molecule has 0 aromatic heterocycles. The molecule has 76 heavy (non-hydrogen) atoms. The first-order chi connectivity index (χ1) is 36.7. The van der Waals surface area contributed by atoms with Crippen LogP contribution in [0.15, 0.2) is 5.11 Å². The van der Waals surface area contributed by atoms with Crippen LogP contribution in [0, 0.1) is 5.92 Å². The van der Waals surface area contributed by atoms with E-state index in [0.717, 1.165) is 38.5 Å². The molecule has 0 rings (SSSR count). The number of azide groups is 1. The maximum atomic E-state index is 13.0. The van der Waals surface area contributed by atoms with Gasteiger partial charge in [-0.1, -0.05) is 82.2 Å². The molecule has 0 fully saturated rings. The molecule has 0 bridgehead atoms. The summed E-state index contributed by atoms with van der Waals surface area (Å²) in [5.74, 6) is -1.81. The summed E-state index contributed by atoms with van der Waals surface area (Å²) in [6.45, 7) is 21.2. The predicted octanol–water partition coefficient (Wildman–Crippen LogP) is 8.49. The third-order valence-corrected chi connectivity index (χ3v) is 10.8. The van der Waals surface area contributed by atoms with Gasteiger partial charge in [-0.25, -0.2) is 0 Å². The molecule has 1 amide bonds. The van der Waals surface area contributed by atoms with Crippen molar-refractivity contribution in [1.29, 1.82) is 0 Å². The summed E-state index contributed by atoms with van der Waals surface area (Å²) >= 11 is 0. The Kier molecular flexibility index (Phi) is 51.8. The molecule has 0 saturated heterocycles. The van der Waals surface area contributed by atoms with Crippen LogP contribution < -0.4 is 5.32 Å². The summed E-state index contributed by atoms with van der Waals surface area (Å²) in [7, 11) is 0. The number of hydrogen-bond acceptors (Lipinski definition) is 18. The van der Waals surface area contributed by atoms with E-state index < -0.39 is 23.1 Å². The lowest BCUT2D eigenvalue weighted by Crippen LogP contribution is -2.35. The van der Waals surface area contributed by atoms with Gasteiger partial charge < -0.3 is 66.9 Å². The van der Waals surface area contributed by atoms with Gasteiger partial charge in [-0.2, -0.15) is 0 Å². The minimum absolute atomic E-state index is 0.0104. The molecule has 0 unspecified atom stereocenters. The molecule has 1 atom stereocenters. The van der Waals surface area contributed by atoms with Crippen molar-refractivity contribution in [2.45, 2.75) is 168 Å². The summed E-state index contributed by atoms with van der Waals surface area (Å²) in [6, 6.07) is 0. The van der Waals surface area contributed by atoms with Gasteiger partial charge in [0.05, 0.1) is 151 Å². The zero-order chi connectivity index (χ0) is 55.9. The summed E-state index contributed by atoms with van der Waals surface area (Å²) in [6.07, 6.45) is 16.6. The average Bonchev–Trinajstić information content (AvgIpc) is 3.35. The molecule has 0 aliphatic heterocycles. The van der Waals surface area contributed by atoms with Gasteiger partial charge in [-0.15, -0.1) is 0 Å². The number of esters is 2. The number of amides is 1. The normalized spacial score (nSPS) is 12.1. The first-order valence-electron chi connectivity index (χ1n) is 28.3. The van der Waals surface area contributed by atoms with Crippen molar-refractivity contribution in [3.05, 3.63) is 10.4 Å². The number of carbonyl (C=O) groups excluding carboxylic acids is 4. The van der Waals surface area contributed by atoms with Crippen LogP contribution in [0.2, 0.25) is 0 Å². The molecule has 446 valence electrons. The fourth-order valence-electron chi connectivity index (χ4n) is 7.12. The van der Waals surface area contributed by atoms with Crippen LogP contribution in [0.1, 0.15) is 157 Å². The van der Waals surface area contributed by atoms with Crippen LogP contribution in [0.3, 0.4) is 0 Å². The Balaban J connectivity index is 3.69. The van der Waals surface area contributed by atoms with E-state index in [-0.39, 0.29) is 43.7 Å². The van der Waals surface area contributed by atoms with Crippen LogP contribution in [0.25, 0.3) is 10.4 Å². The molecule has 0 aliphatic carbocycles. The minimum atomic E-state index is -0.833. The Labute approximate surface area is 456 Å². The van der Waals surface area contributed by atoms with E-state index >= 15 is 0 Å². The number of unbranched alkanes of at least 4 members (excludes halogenated alkanes) is 13. The summed E-state index contributed by atoms with van der Waals surface area (Å²) in [5.41, 5.74) is 7.04. The first-order valence-corrected chi connectivity index (χ1v) is 28.3. The number of nitrogens with one attached hydrogen (secondary N) is 1. The van der Waals surface area contributed by atoms with E-state index in [2.05, 4.69) is 15.3 Å². The van der Waals surface area contributed by atoms with Crippen LogP contribution in [0.5, 0.6) is 0 Å². The van der Waals surface area contributed by atoms with Crippen molar-refractivity contribution in [3.8, 4) is 0 Å². The Morgan fingerprint density at radius 3 is 1.04 bits per heavy atom. The number of rotatable bonds is 58. The van der Waals surface area contributed by atoms with E-state index in [4.69, 9.17) is 67.1 Å². The van der Waals surface area contributed by atoms with Crippen LogP contribution in [0.4, 0.5) is 0 Å². The van der Waals surface area contributed by atoms with Crippen molar-refractivity contribution in [1.82, 2.24) is 5.32 Å². The molecule has 0 radical (unpaired) electrons. The molecule has 21 nitrogen and oxygen atoms in total.